The monoisotopic (exact) mass is 313 g/mol. The quantitative estimate of drug-likeness (QED) is 0.636. The fourth-order valence-corrected chi connectivity index (χ4v) is 2.15. The van der Waals surface area contributed by atoms with Crippen molar-refractivity contribution in [3.05, 3.63) is 28.7 Å². The van der Waals surface area contributed by atoms with Crippen LogP contribution in [0, 0.1) is 5.41 Å². The van der Waals surface area contributed by atoms with Crippen molar-refractivity contribution in [3.8, 4) is 0 Å². The number of esters is 1. The lowest BCUT2D eigenvalue weighted by atomic mass is 9.91. The Morgan fingerprint density at radius 2 is 1.83 bits per heavy atom. The summed E-state index contributed by atoms with van der Waals surface area (Å²) in [7, 11) is 2.91. The molecule has 1 amide bonds. The van der Waals surface area contributed by atoms with E-state index in [2.05, 4.69) is 20.7 Å². The van der Waals surface area contributed by atoms with E-state index in [0.717, 1.165) is 4.47 Å². The number of hydrogen-bond acceptors (Lipinski definition) is 3. The van der Waals surface area contributed by atoms with Crippen LogP contribution in [0.2, 0.25) is 0 Å². The van der Waals surface area contributed by atoms with Crippen LogP contribution in [-0.2, 0) is 14.3 Å². The SMILES string of the molecule is COC(=O)C(C)(C)C(=O)N(C)c1ccccc1Br. The highest BCUT2D eigenvalue weighted by molar-refractivity contribution is 9.10. The molecule has 0 heterocycles. The highest BCUT2D eigenvalue weighted by atomic mass is 79.9. The summed E-state index contributed by atoms with van der Waals surface area (Å²) < 4.78 is 5.45. The molecule has 1 rings (SSSR count). The van der Waals surface area contributed by atoms with Gasteiger partial charge >= 0.3 is 5.97 Å². The predicted octanol–water partition coefficient (Wildman–Crippen LogP) is 2.61. The van der Waals surface area contributed by atoms with Gasteiger partial charge in [0, 0.05) is 11.5 Å². The molecule has 18 heavy (non-hydrogen) atoms. The van der Waals surface area contributed by atoms with Gasteiger partial charge < -0.3 is 9.64 Å². The summed E-state index contributed by atoms with van der Waals surface area (Å²) in [5.74, 6) is -0.868. The van der Waals surface area contributed by atoms with Crippen molar-refractivity contribution in [1.82, 2.24) is 0 Å². The molecule has 5 heteroatoms. The highest BCUT2D eigenvalue weighted by Crippen LogP contribution is 2.29. The fraction of sp³-hybridized carbons (Fsp3) is 0.385. The first kappa shape index (κ1) is 14.7. The molecule has 0 aliphatic heterocycles. The van der Waals surface area contributed by atoms with Crippen molar-refractivity contribution >= 4 is 33.5 Å². The second-order valence-corrected chi connectivity index (χ2v) is 5.29. The van der Waals surface area contributed by atoms with Gasteiger partial charge in [-0.25, -0.2) is 0 Å². The van der Waals surface area contributed by atoms with Gasteiger partial charge in [0.25, 0.3) is 0 Å². The number of anilines is 1. The minimum Gasteiger partial charge on any atom is -0.468 e. The Bertz CT molecular complexity index is 471. The van der Waals surface area contributed by atoms with Gasteiger partial charge in [-0.05, 0) is 41.9 Å². The number of methoxy groups -OCH3 is 1. The van der Waals surface area contributed by atoms with Gasteiger partial charge in [-0.15, -0.1) is 0 Å². The molecule has 0 spiro atoms. The third-order valence-corrected chi connectivity index (χ3v) is 3.42. The largest absolute Gasteiger partial charge is 0.468 e. The highest BCUT2D eigenvalue weighted by Gasteiger charge is 2.39. The molecule has 0 atom stereocenters. The van der Waals surface area contributed by atoms with Crippen molar-refractivity contribution in [2.24, 2.45) is 5.41 Å². The Balaban J connectivity index is 3.05. The summed E-state index contributed by atoms with van der Waals surface area (Å²) in [5.41, 5.74) is -0.502. The van der Waals surface area contributed by atoms with Crippen molar-refractivity contribution in [2.45, 2.75) is 13.8 Å². The number of ether oxygens (including phenoxy) is 1. The number of amides is 1. The second kappa shape index (κ2) is 5.52. The summed E-state index contributed by atoms with van der Waals surface area (Å²) in [6, 6.07) is 7.33. The lowest BCUT2D eigenvalue weighted by Crippen LogP contribution is -2.44. The van der Waals surface area contributed by atoms with Crippen LogP contribution in [0.4, 0.5) is 5.69 Å². The van der Waals surface area contributed by atoms with Crippen LogP contribution in [0.15, 0.2) is 28.7 Å². The van der Waals surface area contributed by atoms with Gasteiger partial charge in [0.05, 0.1) is 12.8 Å². The van der Waals surface area contributed by atoms with Gasteiger partial charge in [-0.1, -0.05) is 12.1 Å². The zero-order chi connectivity index (χ0) is 13.9. The van der Waals surface area contributed by atoms with Gasteiger partial charge in [-0.3, -0.25) is 9.59 Å². The molecule has 0 aliphatic rings. The number of rotatable bonds is 3. The molecule has 0 fully saturated rings. The molecule has 0 unspecified atom stereocenters. The fourth-order valence-electron chi connectivity index (χ4n) is 1.59. The van der Waals surface area contributed by atoms with Crippen LogP contribution in [0.5, 0.6) is 0 Å². The molecular weight excluding hydrogens is 298 g/mol. The van der Waals surface area contributed by atoms with Crippen LogP contribution < -0.4 is 4.90 Å². The Labute approximate surface area is 115 Å². The lowest BCUT2D eigenvalue weighted by Gasteiger charge is -2.27. The summed E-state index contributed by atoms with van der Waals surface area (Å²) in [4.78, 5) is 25.4. The summed E-state index contributed by atoms with van der Waals surface area (Å²) in [6.07, 6.45) is 0. The number of benzene rings is 1. The van der Waals surface area contributed by atoms with E-state index in [4.69, 9.17) is 0 Å². The van der Waals surface area contributed by atoms with Crippen LogP contribution in [-0.4, -0.2) is 26.0 Å². The van der Waals surface area contributed by atoms with Crippen molar-refractivity contribution in [2.75, 3.05) is 19.1 Å². The Kier molecular flexibility index (Phi) is 4.51. The predicted molar refractivity (Wildman–Crippen MR) is 73.3 cm³/mol. The van der Waals surface area contributed by atoms with Crippen LogP contribution in [0.3, 0.4) is 0 Å². The maximum Gasteiger partial charge on any atom is 0.320 e. The first-order valence-corrected chi connectivity index (χ1v) is 6.22. The molecule has 0 bridgehead atoms. The van der Waals surface area contributed by atoms with Crippen LogP contribution in [0.1, 0.15) is 13.8 Å². The molecule has 0 saturated heterocycles. The molecule has 0 saturated carbocycles. The molecule has 1 aromatic rings. The van der Waals surface area contributed by atoms with E-state index in [1.807, 2.05) is 18.2 Å². The summed E-state index contributed by atoms with van der Waals surface area (Å²) in [5, 5.41) is 0. The third-order valence-electron chi connectivity index (χ3n) is 2.75. The van der Waals surface area contributed by atoms with E-state index in [1.165, 1.54) is 12.0 Å². The first-order valence-electron chi connectivity index (χ1n) is 5.43. The van der Waals surface area contributed by atoms with Gasteiger partial charge in [0.1, 0.15) is 5.41 Å². The number of para-hydroxylation sites is 1. The summed E-state index contributed by atoms with van der Waals surface area (Å²) in [6.45, 7) is 3.10. The number of halogens is 1. The maximum absolute atomic E-state index is 12.3. The minimum absolute atomic E-state index is 0.318. The minimum atomic E-state index is -1.21. The molecular formula is C13H16BrNO3. The molecule has 0 aromatic heterocycles. The van der Waals surface area contributed by atoms with Crippen molar-refractivity contribution < 1.29 is 14.3 Å². The van der Waals surface area contributed by atoms with E-state index in [0.29, 0.717) is 5.69 Å². The van der Waals surface area contributed by atoms with Gasteiger partial charge in [0.2, 0.25) is 5.91 Å². The number of nitrogens with zero attached hydrogens (tertiary/aromatic N) is 1. The number of carbonyl (C=O) groups excluding carboxylic acids is 2. The zero-order valence-electron chi connectivity index (χ0n) is 10.9. The summed E-state index contributed by atoms with van der Waals surface area (Å²) >= 11 is 3.38. The van der Waals surface area contributed by atoms with E-state index < -0.39 is 11.4 Å². The maximum atomic E-state index is 12.3. The van der Waals surface area contributed by atoms with Crippen molar-refractivity contribution in [3.63, 3.8) is 0 Å². The zero-order valence-corrected chi connectivity index (χ0v) is 12.4. The second-order valence-electron chi connectivity index (χ2n) is 4.43. The molecule has 98 valence electrons. The Morgan fingerprint density at radius 3 is 2.33 bits per heavy atom. The Morgan fingerprint density at radius 1 is 1.28 bits per heavy atom. The lowest BCUT2D eigenvalue weighted by molar-refractivity contribution is -0.155. The van der Waals surface area contributed by atoms with Gasteiger partial charge in [-0.2, -0.15) is 0 Å². The molecule has 0 radical (unpaired) electrons. The number of hydrogen-bond donors (Lipinski definition) is 0. The van der Waals surface area contributed by atoms with Crippen LogP contribution >= 0.6 is 15.9 Å². The molecule has 0 aliphatic carbocycles. The normalized spacial score (nSPS) is 10.9. The van der Waals surface area contributed by atoms with Gasteiger partial charge in [0.15, 0.2) is 0 Å². The number of carbonyl (C=O) groups is 2. The topological polar surface area (TPSA) is 46.6 Å². The molecule has 4 nitrogen and oxygen atoms in total. The third kappa shape index (κ3) is 2.72. The van der Waals surface area contributed by atoms with E-state index in [9.17, 15) is 9.59 Å². The molecule has 1 aromatic carbocycles. The van der Waals surface area contributed by atoms with Crippen molar-refractivity contribution in [1.29, 1.82) is 0 Å². The smallest absolute Gasteiger partial charge is 0.320 e. The average molecular weight is 314 g/mol. The van der Waals surface area contributed by atoms with Crippen LogP contribution in [0.25, 0.3) is 0 Å². The Hall–Kier alpha value is -1.36. The van der Waals surface area contributed by atoms with E-state index >= 15 is 0 Å². The average Bonchev–Trinajstić information content (AvgIpc) is 2.36. The van der Waals surface area contributed by atoms with E-state index in [1.54, 1.807) is 27.0 Å². The standard InChI is InChI=1S/C13H16BrNO3/c1-13(2,12(17)18-4)11(16)15(3)10-8-6-5-7-9(10)14/h5-8H,1-4H3. The molecule has 0 N–H and O–H groups in total. The first-order chi connectivity index (χ1) is 8.32. The van der Waals surface area contributed by atoms with E-state index in [-0.39, 0.29) is 5.91 Å².